The Labute approximate surface area is 230 Å². The highest BCUT2D eigenvalue weighted by Gasteiger charge is 2.52. The fourth-order valence-corrected chi connectivity index (χ4v) is 5.81. The van der Waals surface area contributed by atoms with Crippen LogP contribution in [-0.4, -0.2) is 69.2 Å². The van der Waals surface area contributed by atoms with Crippen molar-refractivity contribution in [3.63, 3.8) is 0 Å². The van der Waals surface area contributed by atoms with Gasteiger partial charge in [0, 0.05) is 43.4 Å². The molecule has 0 saturated carbocycles. The average molecular weight is 531 g/mol. The maximum atomic E-state index is 14.1. The molecule has 0 bridgehead atoms. The first-order valence-electron chi connectivity index (χ1n) is 13.8. The average Bonchev–Trinajstić information content (AvgIpc) is 3.57. The normalized spacial score (nSPS) is 16.9. The number of amides is 3. The number of rotatable bonds is 8. The standard InChI is InChI=1S/C30H38N6O3/c1-5-26-25(23-17-31-32-18-23)9-10-27(33-26)35-20-30(11-13-34(14-12-30)28(37)15-21(2)3)36(29(35)38)19-22-7-6-8-24(16-22)39-4/h6-10,16-18,21H,5,11-15,19-20H2,1-4H3,(H,31,32). The Balaban J connectivity index is 1.45. The van der Waals surface area contributed by atoms with Crippen molar-refractivity contribution in [1.29, 1.82) is 0 Å². The summed E-state index contributed by atoms with van der Waals surface area (Å²) in [6.07, 6.45) is 6.40. The molecule has 1 spiro atoms. The number of urea groups is 1. The Morgan fingerprint density at radius 1 is 1.18 bits per heavy atom. The Kier molecular flexibility index (Phi) is 7.59. The van der Waals surface area contributed by atoms with Crippen LogP contribution in [0.25, 0.3) is 11.1 Å². The maximum Gasteiger partial charge on any atom is 0.326 e. The first kappa shape index (κ1) is 26.7. The third kappa shape index (κ3) is 5.35. The molecule has 0 unspecified atom stereocenters. The quantitative estimate of drug-likeness (QED) is 0.447. The van der Waals surface area contributed by atoms with Gasteiger partial charge in [-0.1, -0.05) is 32.9 Å². The van der Waals surface area contributed by atoms with Gasteiger partial charge in [0.05, 0.1) is 31.1 Å². The molecule has 2 aliphatic rings. The largest absolute Gasteiger partial charge is 0.497 e. The molecule has 0 aliphatic carbocycles. The minimum Gasteiger partial charge on any atom is -0.497 e. The number of methoxy groups -OCH3 is 1. The second-order valence-electron chi connectivity index (χ2n) is 11.0. The molecule has 9 nitrogen and oxygen atoms in total. The van der Waals surface area contributed by atoms with Crippen LogP contribution in [0, 0.1) is 5.92 Å². The maximum absolute atomic E-state index is 14.1. The van der Waals surface area contributed by atoms with Gasteiger partial charge >= 0.3 is 6.03 Å². The Hall–Kier alpha value is -3.88. The number of H-pyrrole nitrogens is 1. The van der Waals surface area contributed by atoms with Crippen molar-refractivity contribution >= 4 is 17.8 Å². The zero-order valence-corrected chi connectivity index (χ0v) is 23.3. The molecule has 206 valence electrons. The van der Waals surface area contributed by atoms with E-state index < -0.39 is 0 Å². The van der Waals surface area contributed by atoms with Crippen LogP contribution in [0.4, 0.5) is 10.6 Å². The van der Waals surface area contributed by atoms with Crippen LogP contribution in [-0.2, 0) is 17.8 Å². The summed E-state index contributed by atoms with van der Waals surface area (Å²) in [7, 11) is 1.65. The topological polar surface area (TPSA) is 94.7 Å². The zero-order valence-electron chi connectivity index (χ0n) is 23.3. The van der Waals surface area contributed by atoms with Gasteiger partial charge in [0.2, 0.25) is 5.91 Å². The van der Waals surface area contributed by atoms with Crippen molar-refractivity contribution in [1.82, 2.24) is 25.0 Å². The molecule has 3 aromatic rings. The molecule has 2 saturated heterocycles. The molecule has 9 heteroatoms. The van der Waals surface area contributed by atoms with Crippen LogP contribution >= 0.6 is 0 Å². The molecule has 5 rings (SSSR count). The SMILES string of the molecule is CCc1nc(N2CC3(CCN(C(=O)CC(C)C)CC3)N(Cc3cccc(OC)c3)C2=O)ccc1-c1cn[nH]c1. The second kappa shape index (κ2) is 11.1. The number of aromatic nitrogens is 3. The van der Waals surface area contributed by atoms with E-state index in [9.17, 15) is 9.59 Å². The van der Waals surface area contributed by atoms with Crippen molar-refractivity contribution in [2.45, 2.75) is 58.5 Å². The lowest BCUT2D eigenvalue weighted by molar-refractivity contribution is -0.134. The first-order chi connectivity index (χ1) is 18.8. The van der Waals surface area contributed by atoms with Crippen molar-refractivity contribution < 1.29 is 14.3 Å². The van der Waals surface area contributed by atoms with Gasteiger partial charge in [-0.15, -0.1) is 0 Å². The first-order valence-corrected chi connectivity index (χ1v) is 13.8. The number of carbonyl (C=O) groups is 2. The summed E-state index contributed by atoms with van der Waals surface area (Å²) in [6.45, 7) is 8.53. The second-order valence-corrected chi connectivity index (χ2v) is 11.0. The van der Waals surface area contributed by atoms with Gasteiger partial charge in [-0.2, -0.15) is 5.10 Å². The van der Waals surface area contributed by atoms with Crippen LogP contribution in [0.1, 0.15) is 51.3 Å². The third-order valence-electron chi connectivity index (χ3n) is 7.97. The lowest BCUT2D eigenvalue weighted by Crippen LogP contribution is -2.55. The lowest BCUT2D eigenvalue weighted by atomic mass is 9.86. The number of likely N-dealkylation sites (tertiary alicyclic amines) is 1. The number of ether oxygens (including phenoxy) is 1. The van der Waals surface area contributed by atoms with Crippen molar-refractivity contribution in [3.05, 3.63) is 60.0 Å². The highest BCUT2D eigenvalue weighted by molar-refractivity contribution is 5.95. The summed E-state index contributed by atoms with van der Waals surface area (Å²) in [5.74, 6) is 1.95. The minimum absolute atomic E-state index is 0.0506. The van der Waals surface area contributed by atoms with Gasteiger partial charge in [-0.05, 0) is 55.0 Å². The summed E-state index contributed by atoms with van der Waals surface area (Å²) >= 11 is 0. The summed E-state index contributed by atoms with van der Waals surface area (Å²) < 4.78 is 5.44. The van der Waals surface area contributed by atoms with Crippen LogP contribution in [0.5, 0.6) is 5.75 Å². The third-order valence-corrected chi connectivity index (χ3v) is 7.97. The number of aryl methyl sites for hydroxylation is 1. The number of carbonyl (C=O) groups excluding carboxylic acids is 2. The number of pyridine rings is 1. The molecule has 3 amide bonds. The predicted octanol–water partition coefficient (Wildman–Crippen LogP) is 4.89. The number of piperidine rings is 1. The highest BCUT2D eigenvalue weighted by Crippen LogP contribution is 2.40. The van der Waals surface area contributed by atoms with Crippen LogP contribution < -0.4 is 9.64 Å². The van der Waals surface area contributed by atoms with Crippen molar-refractivity contribution in [2.24, 2.45) is 5.92 Å². The number of nitrogens with zero attached hydrogens (tertiary/aromatic N) is 5. The molecular weight excluding hydrogens is 492 g/mol. The number of anilines is 1. The van der Waals surface area contributed by atoms with Gasteiger partial charge in [0.25, 0.3) is 0 Å². The van der Waals surface area contributed by atoms with Crippen molar-refractivity contribution in [3.8, 4) is 16.9 Å². The van der Waals surface area contributed by atoms with Crippen LogP contribution in [0.2, 0.25) is 0 Å². The number of hydrogen-bond donors (Lipinski definition) is 1. The fourth-order valence-electron chi connectivity index (χ4n) is 5.81. The van der Waals surface area contributed by atoms with E-state index in [1.165, 1.54) is 0 Å². The van der Waals surface area contributed by atoms with Gasteiger partial charge in [-0.25, -0.2) is 9.78 Å². The smallest absolute Gasteiger partial charge is 0.326 e. The van der Waals surface area contributed by atoms with E-state index in [0.717, 1.165) is 47.4 Å². The molecule has 2 aliphatic heterocycles. The molecule has 1 aromatic carbocycles. The van der Waals surface area contributed by atoms with E-state index in [2.05, 4.69) is 31.0 Å². The number of nitrogens with one attached hydrogen (secondary N) is 1. The minimum atomic E-state index is -0.383. The summed E-state index contributed by atoms with van der Waals surface area (Å²) in [4.78, 5) is 37.7. The van der Waals surface area contributed by atoms with E-state index in [1.54, 1.807) is 13.3 Å². The van der Waals surface area contributed by atoms with Gasteiger partial charge in [0.15, 0.2) is 0 Å². The molecule has 2 aromatic heterocycles. The van der Waals surface area contributed by atoms with Crippen LogP contribution in [0.15, 0.2) is 48.8 Å². The lowest BCUT2D eigenvalue weighted by Gasteiger charge is -2.44. The van der Waals surface area contributed by atoms with Gasteiger partial charge in [0.1, 0.15) is 11.6 Å². The van der Waals surface area contributed by atoms with E-state index in [1.807, 2.05) is 57.3 Å². The number of benzene rings is 1. The van der Waals surface area contributed by atoms with Gasteiger partial charge < -0.3 is 14.5 Å². The molecule has 4 heterocycles. The van der Waals surface area contributed by atoms with E-state index >= 15 is 0 Å². The Bertz CT molecular complexity index is 1310. The van der Waals surface area contributed by atoms with Crippen molar-refractivity contribution in [2.75, 3.05) is 31.6 Å². The molecule has 1 N–H and O–H groups in total. The number of aromatic amines is 1. The fraction of sp³-hybridized carbons (Fsp3) is 0.467. The molecule has 39 heavy (non-hydrogen) atoms. The number of hydrogen-bond acceptors (Lipinski definition) is 5. The molecule has 0 atom stereocenters. The van der Waals surface area contributed by atoms with Crippen LogP contribution in [0.3, 0.4) is 0 Å². The van der Waals surface area contributed by atoms with E-state index in [0.29, 0.717) is 44.3 Å². The summed E-state index contributed by atoms with van der Waals surface area (Å²) in [6, 6.07) is 11.8. The van der Waals surface area contributed by atoms with E-state index in [4.69, 9.17) is 9.72 Å². The summed E-state index contributed by atoms with van der Waals surface area (Å²) in [5, 5.41) is 6.95. The predicted molar refractivity (Wildman–Crippen MR) is 150 cm³/mol. The molecular formula is C30H38N6O3. The zero-order chi connectivity index (χ0) is 27.6. The molecule has 2 fully saturated rings. The Morgan fingerprint density at radius 2 is 1.97 bits per heavy atom. The highest BCUT2D eigenvalue weighted by atomic mass is 16.5. The molecule has 0 radical (unpaired) electrons. The van der Waals surface area contributed by atoms with E-state index in [-0.39, 0.29) is 17.5 Å². The van der Waals surface area contributed by atoms with Gasteiger partial charge in [-0.3, -0.25) is 14.8 Å². The Morgan fingerprint density at radius 3 is 2.64 bits per heavy atom. The summed E-state index contributed by atoms with van der Waals surface area (Å²) in [5.41, 5.74) is 3.55. The monoisotopic (exact) mass is 530 g/mol.